The summed E-state index contributed by atoms with van der Waals surface area (Å²) in [6, 6.07) is 0. The van der Waals surface area contributed by atoms with E-state index in [9.17, 15) is 0 Å². The standard InChI is InChI=1S/C4H8IN2S/c1-3(6)8-4(7)5-2/h6-7H,1-2H3/q-1/p+1. The zero-order valence-electron chi connectivity index (χ0n) is 4.86. The number of nitrogens with one attached hydrogen (secondary N) is 1. The molecule has 0 atom stereocenters. The molecule has 0 heterocycles. The maximum absolute atomic E-state index is 7.18. The van der Waals surface area contributed by atoms with Crippen molar-refractivity contribution in [1.82, 2.24) is 0 Å². The normalized spacial score (nSPS) is 9.25. The molecule has 0 spiro atoms. The average Bonchev–Trinajstić information content (AvgIpc) is 1.65. The first kappa shape index (κ1) is 8.42. The van der Waals surface area contributed by atoms with Gasteiger partial charge in [0.25, 0.3) is 0 Å². The molecule has 0 aliphatic heterocycles. The third-order valence-corrected chi connectivity index (χ3v) is 3.60. The van der Waals surface area contributed by atoms with Gasteiger partial charge >= 0.3 is 63.7 Å². The molecule has 0 bridgehead atoms. The maximum atomic E-state index is 7.18. The van der Waals surface area contributed by atoms with E-state index in [0.717, 1.165) is 8.09 Å². The summed E-state index contributed by atoms with van der Waals surface area (Å²) in [6.45, 7) is 1.82. The van der Waals surface area contributed by atoms with Crippen LogP contribution in [0.15, 0.2) is 0 Å². The fraction of sp³-hybridized carbons (Fsp3) is 0.500. The van der Waals surface area contributed by atoms with Crippen LogP contribution in [-0.2, 0) is 0 Å². The SMILES string of the molecule is C[I-]C(=N)SC(C)=[NH2+]. The van der Waals surface area contributed by atoms with E-state index in [1.54, 1.807) is 0 Å². The Labute approximate surface area is 63.7 Å². The quantitative estimate of drug-likeness (QED) is 0.214. The van der Waals surface area contributed by atoms with Crippen LogP contribution in [0.4, 0.5) is 0 Å². The molecule has 4 heteroatoms. The Balaban J connectivity index is 3.40. The molecule has 2 nitrogen and oxygen atoms in total. The predicted octanol–water partition coefficient (Wildman–Crippen LogP) is -3.45. The van der Waals surface area contributed by atoms with E-state index in [4.69, 9.17) is 10.8 Å². The van der Waals surface area contributed by atoms with Crippen molar-refractivity contribution in [1.29, 1.82) is 5.41 Å². The monoisotopic (exact) mass is 244 g/mol. The van der Waals surface area contributed by atoms with Gasteiger partial charge in [0.15, 0.2) is 0 Å². The second kappa shape index (κ2) is 4.31. The van der Waals surface area contributed by atoms with Gasteiger partial charge in [-0.15, -0.1) is 0 Å². The van der Waals surface area contributed by atoms with Crippen molar-refractivity contribution in [3.63, 3.8) is 0 Å². The molecule has 0 aromatic carbocycles. The number of halogens is 1. The van der Waals surface area contributed by atoms with E-state index in [-0.39, 0.29) is 21.2 Å². The fourth-order valence-electron chi connectivity index (χ4n) is 0.180. The van der Waals surface area contributed by atoms with Gasteiger partial charge in [-0.05, 0) is 0 Å². The van der Waals surface area contributed by atoms with Crippen LogP contribution in [0.25, 0.3) is 0 Å². The van der Waals surface area contributed by atoms with Crippen LogP contribution in [0, 0.1) is 5.41 Å². The van der Waals surface area contributed by atoms with E-state index in [1.807, 2.05) is 6.92 Å². The average molecular weight is 244 g/mol. The topological polar surface area (TPSA) is 49.4 Å². The minimum absolute atomic E-state index is 0.0435. The van der Waals surface area contributed by atoms with Gasteiger partial charge in [-0.1, -0.05) is 0 Å². The summed E-state index contributed by atoms with van der Waals surface area (Å²) >= 11 is 1.34. The molecule has 0 aromatic rings. The van der Waals surface area contributed by atoms with Crippen LogP contribution in [0.3, 0.4) is 0 Å². The van der Waals surface area contributed by atoms with Crippen LogP contribution >= 0.6 is 11.8 Å². The van der Waals surface area contributed by atoms with Gasteiger partial charge in [-0.25, -0.2) is 0 Å². The zero-order chi connectivity index (χ0) is 6.57. The molecule has 0 saturated carbocycles. The van der Waals surface area contributed by atoms with Crippen LogP contribution in [-0.4, -0.2) is 13.0 Å². The predicted molar refractivity (Wildman–Crippen MR) is 33.8 cm³/mol. The molecule has 0 aliphatic rings. The number of hydrogen-bond donors (Lipinski definition) is 2. The summed E-state index contributed by atoms with van der Waals surface area (Å²) in [5.74, 6) is 0. The Morgan fingerprint density at radius 2 is 2.25 bits per heavy atom. The minimum atomic E-state index is -0.0435. The summed E-state index contributed by atoms with van der Waals surface area (Å²) in [4.78, 5) is 2.05. The van der Waals surface area contributed by atoms with Crippen LogP contribution < -0.4 is 26.6 Å². The Bertz CT molecular complexity index is 113. The molecule has 0 amide bonds. The Kier molecular flexibility index (Phi) is 4.54. The van der Waals surface area contributed by atoms with E-state index < -0.39 is 0 Å². The van der Waals surface area contributed by atoms with Gasteiger partial charge in [-0.2, -0.15) is 0 Å². The molecular formula is C4H9IN2S. The summed E-state index contributed by atoms with van der Waals surface area (Å²) in [7, 11) is 0. The number of thioether (sulfide) groups is 1. The molecule has 0 fully saturated rings. The van der Waals surface area contributed by atoms with Crippen LogP contribution in [0.2, 0.25) is 0 Å². The van der Waals surface area contributed by atoms with Crippen molar-refractivity contribution < 1.29 is 26.6 Å². The van der Waals surface area contributed by atoms with Gasteiger partial charge in [0, 0.05) is 0 Å². The van der Waals surface area contributed by atoms with E-state index >= 15 is 0 Å². The van der Waals surface area contributed by atoms with Crippen molar-refractivity contribution in [3.05, 3.63) is 0 Å². The van der Waals surface area contributed by atoms with Crippen molar-refractivity contribution in [2.75, 3.05) is 4.93 Å². The number of nitrogens with two attached hydrogens (primary N) is 1. The van der Waals surface area contributed by atoms with Crippen molar-refractivity contribution in [3.8, 4) is 0 Å². The molecule has 0 saturated heterocycles. The number of hydrogen-bond acceptors (Lipinski definition) is 2. The van der Waals surface area contributed by atoms with E-state index in [2.05, 4.69) is 4.93 Å². The first-order valence-corrected chi connectivity index (χ1v) is 6.07. The molecule has 48 valence electrons. The van der Waals surface area contributed by atoms with Crippen molar-refractivity contribution in [2.24, 2.45) is 0 Å². The zero-order valence-corrected chi connectivity index (χ0v) is 7.84. The van der Waals surface area contributed by atoms with Gasteiger partial charge in [0.2, 0.25) is 0 Å². The molecule has 3 N–H and O–H groups in total. The Morgan fingerprint density at radius 3 is 2.38 bits per heavy atom. The molecule has 8 heavy (non-hydrogen) atoms. The Morgan fingerprint density at radius 1 is 1.75 bits per heavy atom. The van der Waals surface area contributed by atoms with Gasteiger partial charge < -0.3 is 0 Å². The first-order valence-electron chi connectivity index (χ1n) is 2.01. The van der Waals surface area contributed by atoms with E-state index in [1.165, 1.54) is 11.8 Å². The van der Waals surface area contributed by atoms with Crippen LogP contribution in [0.1, 0.15) is 6.92 Å². The van der Waals surface area contributed by atoms with Gasteiger partial charge in [0.1, 0.15) is 0 Å². The molecule has 0 aliphatic carbocycles. The van der Waals surface area contributed by atoms with Crippen LogP contribution in [0.5, 0.6) is 0 Å². The summed E-state index contributed by atoms with van der Waals surface area (Å²) in [6.07, 6.45) is 0. The summed E-state index contributed by atoms with van der Waals surface area (Å²) < 4.78 is 0.740. The molecule has 0 aromatic heterocycles. The summed E-state index contributed by atoms with van der Waals surface area (Å²) in [5, 5.41) is 13.3. The third kappa shape index (κ3) is 4.58. The number of rotatable bonds is 1. The molecule has 0 unspecified atom stereocenters. The third-order valence-electron chi connectivity index (χ3n) is 0.422. The first-order chi connectivity index (χ1) is 3.66. The Hall–Kier alpha value is 0.420. The van der Waals surface area contributed by atoms with Crippen molar-refractivity contribution >= 4 is 19.9 Å². The molecule has 0 rings (SSSR count). The van der Waals surface area contributed by atoms with Gasteiger partial charge in [-0.3, -0.25) is 0 Å². The van der Waals surface area contributed by atoms with Crippen molar-refractivity contribution in [2.45, 2.75) is 6.92 Å². The molecule has 0 radical (unpaired) electrons. The summed E-state index contributed by atoms with van der Waals surface area (Å²) in [5.41, 5.74) is 0. The second-order valence-corrected chi connectivity index (χ2v) is 5.32. The molecular weight excluding hydrogens is 235 g/mol. The number of alkyl halides is 1. The van der Waals surface area contributed by atoms with E-state index in [0.29, 0.717) is 0 Å². The second-order valence-electron chi connectivity index (χ2n) is 1.18. The fourth-order valence-corrected chi connectivity index (χ4v) is 2.24. The van der Waals surface area contributed by atoms with Gasteiger partial charge in [0.05, 0.1) is 0 Å².